The number of rotatable bonds is 3. The number of aromatic nitrogens is 1. The molecule has 1 aromatic heterocycles. The zero-order valence-corrected chi connectivity index (χ0v) is 14.0. The molecule has 0 aliphatic carbocycles. The van der Waals surface area contributed by atoms with Gasteiger partial charge in [0.05, 0.1) is 11.3 Å². The third-order valence-electron chi connectivity index (χ3n) is 3.64. The molecule has 7 heteroatoms. The van der Waals surface area contributed by atoms with Gasteiger partial charge in [0.1, 0.15) is 0 Å². The molecule has 1 amide bonds. The molecule has 1 heterocycles. The number of anilines is 1. The molecule has 0 bridgehead atoms. The van der Waals surface area contributed by atoms with Crippen molar-refractivity contribution in [3.63, 3.8) is 0 Å². The van der Waals surface area contributed by atoms with Crippen molar-refractivity contribution in [2.24, 2.45) is 0 Å². The van der Waals surface area contributed by atoms with Crippen LogP contribution in [0, 0.1) is 0 Å². The Morgan fingerprint density at radius 3 is 2.27 bits per heavy atom. The first-order valence-electron chi connectivity index (χ1n) is 7.54. The van der Waals surface area contributed by atoms with Crippen molar-refractivity contribution in [1.82, 2.24) is 4.98 Å². The van der Waals surface area contributed by atoms with Gasteiger partial charge in [-0.05, 0) is 42.5 Å². The summed E-state index contributed by atoms with van der Waals surface area (Å²) in [6, 6.07) is 15.3. The lowest BCUT2D eigenvalue weighted by molar-refractivity contribution is -0.137. The van der Waals surface area contributed by atoms with Gasteiger partial charge in [-0.3, -0.25) is 9.78 Å². The zero-order chi connectivity index (χ0) is 18.7. The number of nitrogens with one attached hydrogen (secondary N) is 1. The second-order valence-electron chi connectivity index (χ2n) is 5.44. The molecule has 0 spiro atoms. The summed E-state index contributed by atoms with van der Waals surface area (Å²) in [6.45, 7) is 0. The highest BCUT2D eigenvalue weighted by Crippen LogP contribution is 2.30. The maximum Gasteiger partial charge on any atom is 0.417 e. The van der Waals surface area contributed by atoms with Crippen LogP contribution in [0.5, 0.6) is 0 Å². The standard InChI is InChI=1S/C19H12ClF3N2O/c20-13-6-8-14(9-7-13)25-18(26)16-4-2-1-3-15(16)17-10-5-12(11-24-17)19(21,22)23/h1-11H,(H,25,26). The summed E-state index contributed by atoms with van der Waals surface area (Å²) < 4.78 is 38.1. The van der Waals surface area contributed by atoms with Crippen molar-refractivity contribution in [3.8, 4) is 11.3 Å². The fraction of sp³-hybridized carbons (Fsp3) is 0.0526. The van der Waals surface area contributed by atoms with Crippen LogP contribution in [0.1, 0.15) is 15.9 Å². The van der Waals surface area contributed by atoms with Crippen molar-refractivity contribution in [2.75, 3.05) is 5.32 Å². The summed E-state index contributed by atoms with van der Waals surface area (Å²) in [5.74, 6) is -0.398. The number of nitrogens with zero attached hydrogens (tertiary/aromatic N) is 1. The number of amides is 1. The predicted molar refractivity (Wildman–Crippen MR) is 94.1 cm³/mol. The van der Waals surface area contributed by atoms with Crippen LogP contribution in [0.4, 0.5) is 18.9 Å². The maximum absolute atomic E-state index is 12.7. The summed E-state index contributed by atoms with van der Waals surface area (Å²) in [4.78, 5) is 16.4. The van der Waals surface area contributed by atoms with Gasteiger partial charge in [0.25, 0.3) is 5.91 Å². The predicted octanol–water partition coefficient (Wildman–Crippen LogP) is 5.67. The lowest BCUT2D eigenvalue weighted by Crippen LogP contribution is -2.13. The van der Waals surface area contributed by atoms with Gasteiger partial charge >= 0.3 is 6.18 Å². The van der Waals surface area contributed by atoms with Gasteiger partial charge < -0.3 is 5.32 Å². The van der Waals surface area contributed by atoms with Gasteiger partial charge in [-0.25, -0.2) is 0 Å². The number of pyridine rings is 1. The van der Waals surface area contributed by atoms with Crippen LogP contribution in [-0.2, 0) is 6.18 Å². The highest BCUT2D eigenvalue weighted by atomic mass is 35.5. The van der Waals surface area contributed by atoms with Gasteiger partial charge in [0, 0.05) is 28.0 Å². The summed E-state index contributed by atoms with van der Waals surface area (Å²) in [6.07, 6.45) is -3.71. The maximum atomic E-state index is 12.7. The van der Waals surface area contributed by atoms with E-state index in [0.717, 1.165) is 12.3 Å². The van der Waals surface area contributed by atoms with Gasteiger partial charge in [-0.2, -0.15) is 13.2 Å². The molecule has 132 valence electrons. The van der Waals surface area contributed by atoms with E-state index in [0.29, 0.717) is 21.8 Å². The number of hydrogen-bond acceptors (Lipinski definition) is 2. The van der Waals surface area contributed by atoms with Crippen molar-refractivity contribution in [2.45, 2.75) is 6.18 Å². The summed E-state index contributed by atoms with van der Waals surface area (Å²) >= 11 is 5.81. The molecule has 0 saturated heterocycles. The lowest BCUT2D eigenvalue weighted by atomic mass is 10.0. The van der Waals surface area contributed by atoms with Crippen molar-refractivity contribution >= 4 is 23.2 Å². The second-order valence-corrected chi connectivity index (χ2v) is 5.87. The van der Waals surface area contributed by atoms with Gasteiger partial charge in [-0.1, -0.05) is 29.8 Å². The molecule has 0 aliphatic rings. The highest BCUT2D eigenvalue weighted by molar-refractivity contribution is 6.30. The molecule has 0 unspecified atom stereocenters. The molecule has 0 radical (unpaired) electrons. The molecule has 2 aromatic carbocycles. The van der Waals surface area contributed by atoms with Gasteiger partial charge in [-0.15, -0.1) is 0 Å². The summed E-state index contributed by atoms with van der Waals surface area (Å²) in [7, 11) is 0. The van der Waals surface area contributed by atoms with Crippen LogP contribution in [0.15, 0.2) is 66.9 Å². The van der Waals surface area contributed by atoms with E-state index in [4.69, 9.17) is 11.6 Å². The van der Waals surface area contributed by atoms with Crippen LogP contribution in [-0.4, -0.2) is 10.9 Å². The SMILES string of the molecule is O=C(Nc1ccc(Cl)cc1)c1ccccc1-c1ccc(C(F)(F)F)cn1. The third-order valence-corrected chi connectivity index (χ3v) is 3.89. The quantitative estimate of drug-likeness (QED) is 0.639. The fourth-order valence-electron chi connectivity index (χ4n) is 2.36. The zero-order valence-electron chi connectivity index (χ0n) is 13.2. The van der Waals surface area contributed by atoms with E-state index in [2.05, 4.69) is 10.3 Å². The Hall–Kier alpha value is -2.86. The van der Waals surface area contributed by atoms with E-state index in [1.54, 1.807) is 48.5 Å². The molecule has 1 N–H and O–H groups in total. The van der Waals surface area contributed by atoms with Gasteiger partial charge in [0.2, 0.25) is 0 Å². The number of halogens is 4. The number of alkyl halides is 3. The summed E-state index contributed by atoms with van der Waals surface area (Å²) in [5, 5.41) is 3.27. The van der Waals surface area contributed by atoms with E-state index < -0.39 is 17.6 Å². The Kier molecular flexibility index (Phi) is 4.95. The Bertz CT molecular complexity index is 923. The third kappa shape index (κ3) is 4.03. The lowest BCUT2D eigenvalue weighted by Gasteiger charge is -2.11. The molecule has 0 aliphatic heterocycles. The van der Waals surface area contributed by atoms with E-state index in [9.17, 15) is 18.0 Å². The number of benzene rings is 2. The van der Waals surface area contributed by atoms with Crippen LogP contribution >= 0.6 is 11.6 Å². The van der Waals surface area contributed by atoms with Crippen molar-refractivity contribution < 1.29 is 18.0 Å². The number of carbonyl (C=O) groups is 1. The first-order chi connectivity index (χ1) is 12.3. The molecule has 26 heavy (non-hydrogen) atoms. The molecule has 0 fully saturated rings. The van der Waals surface area contributed by atoms with E-state index in [1.807, 2.05) is 0 Å². The van der Waals surface area contributed by atoms with E-state index in [-0.39, 0.29) is 5.69 Å². The molecule has 0 saturated carbocycles. The fourth-order valence-corrected chi connectivity index (χ4v) is 2.48. The van der Waals surface area contributed by atoms with E-state index in [1.165, 1.54) is 6.07 Å². The normalized spacial score (nSPS) is 11.2. The van der Waals surface area contributed by atoms with Gasteiger partial charge in [0.15, 0.2) is 0 Å². The Morgan fingerprint density at radius 2 is 1.65 bits per heavy atom. The smallest absolute Gasteiger partial charge is 0.322 e. The largest absolute Gasteiger partial charge is 0.417 e. The van der Waals surface area contributed by atoms with Crippen LogP contribution in [0.3, 0.4) is 0 Å². The molecule has 0 atom stereocenters. The molecule has 3 rings (SSSR count). The minimum atomic E-state index is -4.46. The Balaban J connectivity index is 1.90. The molecular formula is C19H12ClF3N2O. The molecule has 3 nitrogen and oxygen atoms in total. The van der Waals surface area contributed by atoms with E-state index >= 15 is 0 Å². The average molecular weight is 377 g/mol. The van der Waals surface area contributed by atoms with Crippen molar-refractivity contribution in [1.29, 1.82) is 0 Å². The highest BCUT2D eigenvalue weighted by Gasteiger charge is 2.30. The molecule has 3 aromatic rings. The van der Waals surface area contributed by atoms with Crippen LogP contribution in [0.2, 0.25) is 5.02 Å². The second kappa shape index (κ2) is 7.17. The summed E-state index contributed by atoms with van der Waals surface area (Å²) in [5.41, 5.74) is 0.723. The van der Waals surface area contributed by atoms with Crippen molar-refractivity contribution in [3.05, 3.63) is 83.0 Å². The average Bonchev–Trinajstić information content (AvgIpc) is 2.63. The Labute approximate surface area is 152 Å². The first-order valence-corrected chi connectivity index (χ1v) is 7.92. The van der Waals surface area contributed by atoms with Crippen LogP contribution < -0.4 is 5.32 Å². The minimum Gasteiger partial charge on any atom is -0.322 e. The first kappa shape index (κ1) is 17.9. The Morgan fingerprint density at radius 1 is 0.962 bits per heavy atom. The monoisotopic (exact) mass is 376 g/mol. The topological polar surface area (TPSA) is 42.0 Å². The minimum absolute atomic E-state index is 0.278. The molecular weight excluding hydrogens is 365 g/mol. The number of carbonyl (C=O) groups excluding carboxylic acids is 1. The van der Waals surface area contributed by atoms with Crippen LogP contribution in [0.25, 0.3) is 11.3 Å². The number of hydrogen-bond donors (Lipinski definition) is 1.